The second kappa shape index (κ2) is 7.67. The fourth-order valence-electron chi connectivity index (χ4n) is 4.01. The van der Waals surface area contributed by atoms with E-state index in [4.69, 9.17) is 4.52 Å². The van der Waals surface area contributed by atoms with Crippen molar-refractivity contribution in [3.63, 3.8) is 0 Å². The first-order valence-corrected chi connectivity index (χ1v) is 10.6. The van der Waals surface area contributed by atoms with Gasteiger partial charge in [0.25, 0.3) is 5.91 Å². The summed E-state index contributed by atoms with van der Waals surface area (Å²) in [5, 5.41) is 8.92. The molecule has 0 unspecified atom stereocenters. The molecular formula is C20H26N4O3S. The third-order valence-electron chi connectivity index (χ3n) is 5.79. The van der Waals surface area contributed by atoms with Crippen LogP contribution in [0.3, 0.4) is 0 Å². The van der Waals surface area contributed by atoms with Crippen LogP contribution in [0, 0.1) is 13.8 Å². The summed E-state index contributed by atoms with van der Waals surface area (Å²) >= 11 is 1.67. The van der Waals surface area contributed by atoms with E-state index < -0.39 is 0 Å². The van der Waals surface area contributed by atoms with Gasteiger partial charge in [-0.1, -0.05) is 5.16 Å². The summed E-state index contributed by atoms with van der Waals surface area (Å²) in [4.78, 5) is 30.3. The lowest BCUT2D eigenvalue weighted by molar-refractivity contribution is -0.120. The minimum atomic E-state index is 0.00845. The van der Waals surface area contributed by atoms with Crippen molar-refractivity contribution < 1.29 is 14.1 Å². The van der Waals surface area contributed by atoms with Crippen LogP contribution >= 0.6 is 11.3 Å². The molecular weight excluding hydrogens is 376 g/mol. The Bertz CT molecular complexity index is 884. The van der Waals surface area contributed by atoms with Gasteiger partial charge in [-0.25, -0.2) is 0 Å². The van der Waals surface area contributed by atoms with E-state index in [2.05, 4.69) is 15.4 Å². The third-order valence-corrected chi connectivity index (χ3v) is 6.80. The molecule has 0 bridgehead atoms. The molecule has 0 saturated carbocycles. The van der Waals surface area contributed by atoms with Gasteiger partial charge in [-0.15, -0.1) is 11.3 Å². The largest absolute Gasteiger partial charge is 0.361 e. The molecule has 2 aliphatic heterocycles. The molecule has 1 atom stereocenters. The third kappa shape index (κ3) is 3.58. The van der Waals surface area contributed by atoms with Gasteiger partial charge in [-0.3, -0.25) is 14.5 Å². The highest BCUT2D eigenvalue weighted by molar-refractivity contribution is 7.10. The van der Waals surface area contributed by atoms with E-state index in [0.717, 1.165) is 48.6 Å². The fraction of sp³-hybridized carbons (Fsp3) is 0.550. The van der Waals surface area contributed by atoms with Crippen molar-refractivity contribution in [1.29, 1.82) is 0 Å². The van der Waals surface area contributed by atoms with Crippen LogP contribution in [0.1, 0.15) is 51.2 Å². The van der Waals surface area contributed by atoms with Crippen molar-refractivity contribution >= 4 is 23.2 Å². The molecule has 1 N–H and O–H groups in total. The van der Waals surface area contributed by atoms with Gasteiger partial charge in [0.15, 0.2) is 0 Å². The highest BCUT2D eigenvalue weighted by Crippen LogP contribution is 2.31. The predicted octanol–water partition coefficient (Wildman–Crippen LogP) is 2.26. The minimum Gasteiger partial charge on any atom is -0.361 e. The minimum absolute atomic E-state index is 0.00845. The Labute approximate surface area is 168 Å². The molecule has 0 spiro atoms. The quantitative estimate of drug-likeness (QED) is 0.852. The summed E-state index contributed by atoms with van der Waals surface area (Å²) < 4.78 is 5.28. The van der Waals surface area contributed by atoms with Crippen molar-refractivity contribution in [2.24, 2.45) is 0 Å². The number of nitrogens with zero attached hydrogens (tertiary/aromatic N) is 3. The SMILES string of the molecule is Cc1noc(C)c1CN1CCc2c(C(=O)N3CCC(=O)NC[C@@H]3C)csc2C1. The van der Waals surface area contributed by atoms with Crippen molar-refractivity contribution in [1.82, 2.24) is 20.3 Å². The predicted molar refractivity (Wildman–Crippen MR) is 106 cm³/mol. The molecule has 4 heterocycles. The normalized spacial score (nSPS) is 20.6. The molecule has 2 amide bonds. The van der Waals surface area contributed by atoms with Gasteiger partial charge in [-0.2, -0.15) is 0 Å². The summed E-state index contributed by atoms with van der Waals surface area (Å²) in [6.45, 7) is 9.49. The number of carbonyl (C=O) groups excluding carboxylic acids is 2. The van der Waals surface area contributed by atoms with Crippen molar-refractivity contribution in [3.8, 4) is 0 Å². The van der Waals surface area contributed by atoms with Crippen LogP contribution in [-0.4, -0.2) is 52.4 Å². The maximum Gasteiger partial charge on any atom is 0.255 e. The second-order valence-corrected chi connectivity index (χ2v) is 8.68. The molecule has 28 heavy (non-hydrogen) atoms. The van der Waals surface area contributed by atoms with Gasteiger partial charge in [0.05, 0.1) is 11.3 Å². The van der Waals surface area contributed by atoms with Crippen LogP contribution in [0.5, 0.6) is 0 Å². The molecule has 4 rings (SSSR count). The molecule has 2 aliphatic rings. The molecule has 8 heteroatoms. The summed E-state index contributed by atoms with van der Waals surface area (Å²) in [6, 6.07) is 0.00845. The van der Waals surface area contributed by atoms with Gasteiger partial charge in [0.1, 0.15) is 5.76 Å². The Kier molecular flexibility index (Phi) is 5.25. The number of rotatable bonds is 3. The van der Waals surface area contributed by atoms with Gasteiger partial charge < -0.3 is 14.7 Å². The number of nitrogens with one attached hydrogen (secondary N) is 1. The van der Waals surface area contributed by atoms with Crippen LogP contribution < -0.4 is 5.32 Å². The van der Waals surface area contributed by atoms with Crippen LogP contribution in [-0.2, 0) is 24.3 Å². The molecule has 150 valence electrons. The van der Waals surface area contributed by atoms with E-state index in [1.165, 1.54) is 10.4 Å². The number of amides is 2. The smallest absolute Gasteiger partial charge is 0.255 e. The lowest BCUT2D eigenvalue weighted by Crippen LogP contribution is -2.42. The van der Waals surface area contributed by atoms with Crippen LogP contribution in [0.2, 0.25) is 0 Å². The first-order valence-electron chi connectivity index (χ1n) is 9.75. The van der Waals surface area contributed by atoms with E-state index in [1.54, 1.807) is 11.3 Å². The molecule has 0 radical (unpaired) electrons. The Hall–Kier alpha value is -2.19. The van der Waals surface area contributed by atoms with Gasteiger partial charge in [0, 0.05) is 61.0 Å². The number of thiophene rings is 1. The lowest BCUT2D eigenvalue weighted by Gasteiger charge is -2.29. The van der Waals surface area contributed by atoms with Crippen LogP contribution in [0.4, 0.5) is 0 Å². The average Bonchev–Trinajstić information content (AvgIpc) is 3.18. The van der Waals surface area contributed by atoms with E-state index in [1.807, 2.05) is 31.1 Å². The van der Waals surface area contributed by atoms with Crippen LogP contribution in [0.25, 0.3) is 0 Å². The summed E-state index contributed by atoms with van der Waals surface area (Å²) in [7, 11) is 0. The fourth-order valence-corrected chi connectivity index (χ4v) is 5.12. The molecule has 1 saturated heterocycles. The van der Waals surface area contributed by atoms with E-state index in [-0.39, 0.29) is 17.9 Å². The standard InChI is InChI=1S/C20H26N4O3S/c1-12-8-21-19(25)5-7-24(12)20(26)17-11-28-18-10-23(6-4-15(17)18)9-16-13(2)22-27-14(16)3/h11-12H,4-10H2,1-3H3,(H,21,25)/t12-/m0/s1. The number of fused-ring (bicyclic) bond motifs is 1. The number of aryl methyl sites for hydroxylation is 2. The number of aromatic nitrogens is 1. The van der Waals surface area contributed by atoms with Gasteiger partial charge in [-0.05, 0) is 32.8 Å². The second-order valence-electron chi connectivity index (χ2n) is 7.72. The molecule has 2 aromatic rings. The molecule has 7 nitrogen and oxygen atoms in total. The van der Waals surface area contributed by atoms with Crippen LogP contribution in [0.15, 0.2) is 9.90 Å². The average molecular weight is 403 g/mol. The van der Waals surface area contributed by atoms with Crippen molar-refractivity contribution in [2.75, 3.05) is 19.6 Å². The van der Waals surface area contributed by atoms with Crippen molar-refractivity contribution in [3.05, 3.63) is 38.4 Å². The summed E-state index contributed by atoms with van der Waals surface area (Å²) in [5.41, 5.74) is 4.11. The Morgan fingerprint density at radius 1 is 1.36 bits per heavy atom. The Morgan fingerprint density at radius 3 is 2.93 bits per heavy atom. The molecule has 2 aromatic heterocycles. The highest BCUT2D eigenvalue weighted by Gasteiger charge is 2.30. The number of hydrogen-bond acceptors (Lipinski definition) is 6. The maximum absolute atomic E-state index is 13.2. The zero-order valence-corrected chi connectivity index (χ0v) is 17.4. The van der Waals surface area contributed by atoms with E-state index in [0.29, 0.717) is 19.5 Å². The monoisotopic (exact) mass is 402 g/mol. The first-order chi connectivity index (χ1) is 13.4. The van der Waals surface area contributed by atoms with E-state index >= 15 is 0 Å². The number of hydrogen-bond donors (Lipinski definition) is 1. The maximum atomic E-state index is 13.2. The lowest BCUT2D eigenvalue weighted by atomic mass is 10.0. The molecule has 0 aromatic carbocycles. The molecule has 1 fully saturated rings. The first kappa shape index (κ1) is 19.1. The molecule has 0 aliphatic carbocycles. The zero-order chi connectivity index (χ0) is 19.8. The highest BCUT2D eigenvalue weighted by atomic mass is 32.1. The van der Waals surface area contributed by atoms with Crippen molar-refractivity contribution in [2.45, 2.75) is 52.7 Å². The van der Waals surface area contributed by atoms with Gasteiger partial charge >= 0.3 is 0 Å². The zero-order valence-electron chi connectivity index (χ0n) is 16.6. The summed E-state index contributed by atoms with van der Waals surface area (Å²) in [6.07, 6.45) is 1.23. The Balaban J connectivity index is 1.49. The topological polar surface area (TPSA) is 78.7 Å². The number of carbonyl (C=O) groups is 2. The summed E-state index contributed by atoms with van der Waals surface area (Å²) in [5.74, 6) is 0.953. The van der Waals surface area contributed by atoms with Gasteiger partial charge in [0.2, 0.25) is 5.91 Å². The Morgan fingerprint density at radius 2 is 2.18 bits per heavy atom. The van der Waals surface area contributed by atoms with E-state index in [9.17, 15) is 9.59 Å².